The number of amides is 1. The van der Waals surface area contributed by atoms with E-state index in [2.05, 4.69) is 43.2 Å². The Morgan fingerprint density at radius 3 is 2.41 bits per heavy atom. The summed E-state index contributed by atoms with van der Waals surface area (Å²) in [6.07, 6.45) is 1.75. The Bertz CT molecular complexity index is 1230. The van der Waals surface area contributed by atoms with E-state index in [0.717, 1.165) is 24.1 Å². The van der Waals surface area contributed by atoms with Gasteiger partial charge in [-0.25, -0.2) is 13.4 Å². The van der Waals surface area contributed by atoms with Gasteiger partial charge in [0.15, 0.2) is 5.13 Å². The lowest BCUT2D eigenvalue weighted by Crippen LogP contribution is -2.37. The number of sulfonamides is 1. The van der Waals surface area contributed by atoms with Crippen molar-refractivity contribution in [2.45, 2.75) is 38.5 Å². The van der Waals surface area contributed by atoms with E-state index in [0.29, 0.717) is 29.7 Å². The molecule has 0 bridgehead atoms. The van der Waals surface area contributed by atoms with Crippen LogP contribution in [0.25, 0.3) is 11.3 Å². The first-order valence-electron chi connectivity index (χ1n) is 10.7. The summed E-state index contributed by atoms with van der Waals surface area (Å²) in [5, 5.41) is 5.22. The van der Waals surface area contributed by atoms with Crippen LogP contribution in [-0.2, 0) is 10.0 Å². The number of rotatable bonds is 5. The molecule has 1 amide bonds. The van der Waals surface area contributed by atoms with Gasteiger partial charge in [0.1, 0.15) is 0 Å². The number of aryl methyl sites for hydroxylation is 2. The van der Waals surface area contributed by atoms with Gasteiger partial charge >= 0.3 is 0 Å². The third-order valence-corrected chi connectivity index (χ3v) is 8.69. The molecule has 2 heterocycles. The molecular formula is C24H27N3O3S2. The number of carbonyl (C=O) groups is 1. The van der Waals surface area contributed by atoms with Crippen molar-refractivity contribution in [1.82, 2.24) is 9.29 Å². The van der Waals surface area contributed by atoms with Crippen molar-refractivity contribution >= 4 is 32.4 Å². The van der Waals surface area contributed by atoms with Crippen LogP contribution in [0.15, 0.2) is 52.7 Å². The van der Waals surface area contributed by atoms with Gasteiger partial charge in [0.05, 0.1) is 10.6 Å². The molecule has 1 fully saturated rings. The summed E-state index contributed by atoms with van der Waals surface area (Å²) >= 11 is 1.36. The van der Waals surface area contributed by atoms with Crippen molar-refractivity contribution in [2.75, 3.05) is 18.4 Å². The highest BCUT2D eigenvalue weighted by Gasteiger charge is 2.28. The van der Waals surface area contributed by atoms with Crippen LogP contribution < -0.4 is 5.32 Å². The molecule has 0 saturated carbocycles. The molecule has 3 aromatic rings. The molecule has 168 valence electrons. The predicted molar refractivity (Wildman–Crippen MR) is 129 cm³/mol. The molecule has 1 aliphatic rings. The maximum atomic E-state index is 12.9. The maximum absolute atomic E-state index is 12.9. The summed E-state index contributed by atoms with van der Waals surface area (Å²) in [4.78, 5) is 17.4. The Balaban J connectivity index is 1.44. The number of hydrogen-bond donors (Lipinski definition) is 1. The van der Waals surface area contributed by atoms with Crippen LogP contribution in [0.3, 0.4) is 0 Å². The standard InChI is InChI=1S/C24H27N3O3S2/c1-16-10-12-27(13-11-16)32(29,30)21-8-6-19(7-9-21)23(28)26-24-25-22(15-31-24)20-5-4-17(2)18(3)14-20/h4-9,14-16H,10-13H2,1-3H3,(H,25,26,28). The van der Waals surface area contributed by atoms with Crippen molar-refractivity contribution in [3.05, 3.63) is 64.5 Å². The number of carbonyl (C=O) groups excluding carboxylic acids is 1. The molecule has 0 unspecified atom stereocenters. The zero-order chi connectivity index (χ0) is 22.9. The lowest BCUT2D eigenvalue weighted by molar-refractivity contribution is 0.102. The highest BCUT2D eigenvalue weighted by atomic mass is 32.2. The Hall–Kier alpha value is -2.55. The van der Waals surface area contributed by atoms with Crippen molar-refractivity contribution in [1.29, 1.82) is 0 Å². The van der Waals surface area contributed by atoms with Crippen molar-refractivity contribution < 1.29 is 13.2 Å². The lowest BCUT2D eigenvalue weighted by atomic mass is 10.0. The maximum Gasteiger partial charge on any atom is 0.257 e. The average molecular weight is 470 g/mol. The van der Waals surface area contributed by atoms with E-state index in [1.807, 2.05) is 11.4 Å². The molecule has 1 aliphatic heterocycles. The van der Waals surface area contributed by atoms with Gasteiger partial charge in [-0.3, -0.25) is 10.1 Å². The third kappa shape index (κ3) is 4.77. The minimum absolute atomic E-state index is 0.217. The lowest BCUT2D eigenvalue weighted by Gasteiger charge is -2.29. The average Bonchev–Trinajstić information content (AvgIpc) is 3.24. The Morgan fingerprint density at radius 2 is 1.75 bits per heavy atom. The van der Waals surface area contributed by atoms with Gasteiger partial charge in [-0.05, 0) is 74.1 Å². The second kappa shape index (κ2) is 9.13. The Morgan fingerprint density at radius 1 is 1.06 bits per heavy atom. The first kappa shape index (κ1) is 22.6. The van der Waals surface area contributed by atoms with E-state index >= 15 is 0 Å². The Kier molecular flexibility index (Phi) is 6.46. The third-order valence-electron chi connectivity index (χ3n) is 6.02. The van der Waals surface area contributed by atoms with E-state index in [1.165, 1.54) is 38.9 Å². The number of aromatic nitrogens is 1. The van der Waals surface area contributed by atoms with Crippen LogP contribution in [0, 0.1) is 19.8 Å². The molecule has 0 aliphatic carbocycles. The molecule has 6 nitrogen and oxygen atoms in total. The minimum Gasteiger partial charge on any atom is -0.298 e. The quantitative estimate of drug-likeness (QED) is 0.564. The fraction of sp³-hybridized carbons (Fsp3) is 0.333. The second-order valence-corrected chi connectivity index (χ2v) is 11.2. The second-order valence-electron chi connectivity index (χ2n) is 8.40. The molecule has 8 heteroatoms. The molecule has 4 rings (SSSR count). The number of nitrogens with one attached hydrogen (secondary N) is 1. The highest BCUT2D eigenvalue weighted by Crippen LogP contribution is 2.27. The fourth-order valence-corrected chi connectivity index (χ4v) is 5.87. The monoisotopic (exact) mass is 469 g/mol. The SMILES string of the molecule is Cc1ccc(-c2csc(NC(=O)c3ccc(S(=O)(=O)N4CCC(C)CC4)cc3)n2)cc1C. The van der Waals surface area contributed by atoms with Gasteiger partial charge in [0.25, 0.3) is 5.91 Å². The van der Waals surface area contributed by atoms with E-state index in [9.17, 15) is 13.2 Å². The zero-order valence-electron chi connectivity index (χ0n) is 18.5. The van der Waals surface area contributed by atoms with Crippen LogP contribution >= 0.6 is 11.3 Å². The van der Waals surface area contributed by atoms with Gasteiger partial charge in [-0.15, -0.1) is 11.3 Å². The summed E-state index contributed by atoms with van der Waals surface area (Å²) in [7, 11) is -3.53. The van der Waals surface area contributed by atoms with Crippen LogP contribution in [0.5, 0.6) is 0 Å². The van der Waals surface area contributed by atoms with Gasteiger partial charge in [-0.1, -0.05) is 19.1 Å². The molecule has 0 radical (unpaired) electrons. The van der Waals surface area contributed by atoms with Crippen LogP contribution in [-0.4, -0.2) is 36.7 Å². The predicted octanol–water partition coefficient (Wildman–Crippen LogP) is 5.10. The zero-order valence-corrected chi connectivity index (χ0v) is 20.1. The Labute approximate surface area is 193 Å². The highest BCUT2D eigenvalue weighted by molar-refractivity contribution is 7.89. The molecule has 1 aromatic heterocycles. The first-order chi connectivity index (χ1) is 15.2. The molecular weight excluding hydrogens is 442 g/mol. The number of benzene rings is 2. The van der Waals surface area contributed by atoms with Gasteiger partial charge in [-0.2, -0.15) is 4.31 Å². The smallest absolute Gasteiger partial charge is 0.257 e. The molecule has 2 aromatic carbocycles. The molecule has 0 atom stereocenters. The summed E-state index contributed by atoms with van der Waals surface area (Å²) < 4.78 is 27.3. The molecule has 32 heavy (non-hydrogen) atoms. The molecule has 1 N–H and O–H groups in total. The van der Waals surface area contributed by atoms with Crippen molar-refractivity contribution in [3.63, 3.8) is 0 Å². The van der Waals surface area contributed by atoms with E-state index < -0.39 is 10.0 Å². The number of nitrogens with zero attached hydrogens (tertiary/aromatic N) is 2. The van der Waals surface area contributed by atoms with E-state index in [-0.39, 0.29) is 10.8 Å². The van der Waals surface area contributed by atoms with E-state index in [4.69, 9.17) is 0 Å². The van der Waals surface area contributed by atoms with Crippen LogP contribution in [0.2, 0.25) is 0 Å². The fourth-order valence-electron chi connectivity index (χ4n) is 3.69. The summed E-state index contributed by atoms with van der Waals surface area (Å²) in [6, 6.07) is 12.3. The summed E-state index contributed by atoms with van der Waals surface area (Å²) in [5.41, 5.74) is 4.62. The first-order valence-corrected chi connectivity index (χ1v) is 13.0. The topological polar surface area (TPSA) is 79.4 Å². The summed E-state index contributed by atoms with van der Waals surface area (Å²) in [5.74, 6) is 0.232. The number of hydrogen-bond acceptors (Lipinski definition) is 5. The number of anilines is 1. The van der Waals surface area contributed by atoms with E-state index in [1.54, 1.807) is 12.1 Å². The minimum atomic E-state index is -3.53. The van der Waals surface area contributed by atoms with Crippen LogP contribution in [0.4, 0.5) is 5.13 Å². The van der Waals surface area contributed by atoms with Crippen molar-refractivity contribution in [2.24, 2.45) is 5.92 Å². The summed E-state index contributed by atoms with van der Waals surface area (Å²) in [6.45, 7) is 7.35. The van der Waals surface area contributed by atoms with Gasteiger partial charge in [0, 0.05) is 29.6 Å². The van der Waals surface area contributed by atoms with Crippen molar-refractivity contribution in [3.8, 4) is 11.3 Å². The van der Waals surface area contributed by atoms with Crippen LogP contribution in [0.1, 0.15) is 41.3 Å². The number of piperidine rings is 1. The largest absolute Gasteiger partial charge is 0.298 e. The van der Waals surface area contributed by atoms with Gasteiger partial charge in [0.2, 0.25) is 10.0 Å². The molecule has 1 saturated heterocycles. The van der Waals surface area contributed by atoms with Gasteiger partial charge < -0.3 is 0 Å². The number of thiazole rings is 1. The normalized spacial score (nSPS) is 15.6. The molecule has 0 spiro atoms.